The van der Waals surface area contributed by atoms with Crippen LogP contribution in [-0.2, 0) is 4.79 Å². The third-order valence-corrected chi connectivity index (χ3v) is 3.22. The van der Waals surface area contributed by atoms with Gasteiger partial charge in [0.25, 0.3) is 0 Å². The van der Waals surface area contributed by atoms with Crippen LogP contribution >= 0.6 is 0 Å². The largest absolute Gasteiger partial charge is 0.392 e. The Morgan fingerprint density at radius 2 is 1.94 bits per heavy atom. The number of aliphatic hydroxyl groups excluding tert-OH is 1. The van der Waals surface area contributed by atoms with E-state index in [0.717, 1.165) is 12.5 Å². The van der Waals surface area contributed by atoms with Crippen LogP contribution in [0.2, 0.25) is 0 Å². The number of carbonyl (C=O) groups excluding carboxylic acids is 1. The highest BCUT2D eigenvalue weighted by atomic mass is 16.3. The molecule has 1 aliphatic carbocycles. The van der Waals surface area contributed by atoms with Gasteiger partial charge in [-0.3, -0.25) is 9.69 Å². The molecule has 1 aliphatic rings. The summed E-state index contributed by atoms with van der Waals surface area (Å²) in [5.41, 5.74) is 0. The van der Waals surface area contributed by atoms with Gasteiger partial charge in [-0.2, -0.15) is 0 Å². The van der Waals surface area contributed by atoms with Gasteiger partial charge < -0.3 is 10.0 Å². The van der Waals surface area contributed by atoms with E-state index in [0.29, 0.717) is 13.1 Å². The molecule has 1 saturated carbocycles. The SMILES string of the molecule is CC(O)CN(CC(=O)N(C)CC1CC1)C(C)C. The predicted molar refractivity (Wildman–Crippen MR) is 68.8 cm³/mol. The fourth-order valence-corrected chi connectivity index (χ4v) is 1.88. The highest BCUT2D eigenvalue weighted by molar-refractivity contribution is 5.78. The Hall–Kier alpha value is -0.610. The number of hydrogen-bond donors (Lipinski definition) is 1. The topological polar surface area (TPSA) is 43.8 Å². The summed E-state index contributed by atoms with van der Waals surface area (Å²) in [5.74, 6) is 0.888. The van der Waals surface area contributed by atoms with E-state index in [1.807, 2.05) is 16.8 Å². The molecule has 1 rings (SSSR count). The molecule has 0 bridgehead atoms. The second-order valence-corrected chi connectivity index (χ2v) is 5.59. The van der Waals surface area contributed by atoms with E-state index >= 15 is 0 Å². The normalized spacial score (nSPS) is 17.6. The molecule has 0 aromatic rings. The smallest absolute Gasteiger partial charge is 0.236 e. The van der Waals surface area contributed by atoms with Crippen LogP contribution in [0.1, 0.15) is 33.6 Å². The number of hydrogen-bond acceptors (Lipinski definition) is 3. The Morgan fingerprint density at radius 1 is 1.35 bits per heavy atom. The Balaban J connectivity index is 2.38. The molecule has 1 fully saturated rings. The molecule has 0 aliphatic heterocycles. The Bertz CT molecular complexity index is 250. The van der Waals surface area contributed by atoms with E-state index in [2.05, 4.69) is 13.8 Å². The molecule has 1 unspecified atom stereocenters. The summed E-state index contributed by atoms with van der Waals surface area (Å²) >= 11 is 0. The molecule has 0 heterocycles. The molecule has 4 nitrogen and oxygen atoms in total. The van der Waals surface area contributed by atoms with Crippen molar-refractivity contribution in [2.45, 2.75) is 45.8 Å². The molecule has 1 atom stereocenters. The van der Waals surface area contributed by atoms with E-state index in [-0.39, 0.29) is 18.1 Å². The summed E-state index contributed by atoms with van der Waals surface area (Å²) in [7, 11) is 1.88. The highest BCUT2D eigenvalue weighted by Gasteiger charge is 2.26. The van der Waals surface area contributed by atoms with Crippen molar-refractivity contribution in [1.29, 1.82) is 0 Å². The summed E-state index contributed by atoms with van der Waals surface area (Å²) in [4.78, 5) is 15.9. The number of aliphatic hydroxyl groups is 1. The van der Waals surface area contributed by atoms with Crippen LogP contribution in [0.3, 0.4) is 0 Å². The monoisotopic (exact) mass is 242 g/mol. The van der Waals surface area contributed by atoms with Gasteiger partial charge in [0.1, 0.15) is 0 Å². The molecule has 0 saturated heterocycles. The molecule has 0 spiro atoms. The summed E-state index contributed by atoms with van der Waals surface area (Å²) in [6, 6.07) is 0.280. The van der Waals surface area contributed by atoms with Crippen molar-refractivity contribution in [2.75, 3.05) is 26.7 Å². The summed E-state index contributed by atoms with van der Waals surface area (Å²) in [6.07, 6.45) is 2.14. The van der Waals surface area contributed by atoms with Gasteiger partial charge in [0.2, 0.25) is 5.91 Å². The van der Waals surface area contributed by atoms with Crippen molar-refractivity contribution in [1.82, 2.24) is 9.80 Å². The quantitative estimate of drug-likeness (QED) is 0.723. The van der Waals surface area contributed by atoms with Crippen LogP contribution in [0.4, 0.5) is 0 Å². The minimum Gasteiger partial charge on any atom is -0.392 e. The fourth-order valence-electron chi connectivity index (χ4n) is 1.88. The number of carbonyl (C=O) groups is 1. The molecular formula is C13H26N2O2. The van der Waals surface area contributed by atoms with Gasteiger partial charge >= 0.3 is 0 Å². The maximum absolute atomic E-state index is 12.0. The van der Waals surface area contributed by atoms with Crippen LogP contribution in [-0.4, -0.2) is 59.6 Å². The minimum absolute atomic E-state index is 0.159. The van der Waals surface area contributed by atoms with Crippen LogP contribution in [0, 0.1) is 5.92 Å². The third-order valence-electron chi connectivity index (χ3n) is 3.22. The standard InChI is InChI=1S/C13H26N2O2/c1-10(2)15(7-11(3)16)9-13(17)14(4)8-12-5-6-12/h10-12,16H,5-9H2,1-4H3. The van der Waals surface area contributed by atoms with Gasteiger partial charge in [-0.25, -0.2) is 0 Å². The zero-order chi connectivity index (χ0) is 13.0. The van der Waals surface area contributed by atoms with Crippen LogP contribution < -0.4 is 0 Å². The van der Waals surface area contributed by atoms with Crippen molar-refractivity contribution >= 4 is 5.91 Å². The van der Waals surface area contributed by atoms with E-state index in [4.69, 9.17) is 0 Å². The predicted octanol–water partition coefficient (Wildman–Crippen LogP) is 0.946. The lowest BCUT2D eigenvalue weighted by atomic mass is 10.2. The second kappa shape index (κ2) is 6.36. The summed E-state index contributed by atoms with van der Waals surface area (Å²) in [6.45, 7) is 7.72. The van der Waals surface area contributed by atoms with Crippen molar-refractivity contribution in [2.24, 2.45) is 5.92 Å². The summed E-state index contributed by atoms with van der Waals surface area (Å²) < 4.78 is 0. The Kier molecular flexibility index (Phi) is 5.40. The molecule has 1 N–H and O–H groups in total. The lowest BCUT2D eigenvalue weighted by Gasteiger charge is -2.29. The zero-order valence-electron chi connectivity index (χ0n) is 11.5. The molecule has 100 valence electrons. The Morgan fingerprint density at radius 3 is 2.35 bits per heavy atom. The third kappa shape index (κ3) is 5.50. The lowest BCUT2D eigenvalue weighted by molar-refractivity contribution is -0.132. The molecular weight excluding hydrogens is 216 g/mol. The van der Waals surface area contributed by atoms with Crippen molar-refractivity contribution < 1.29 is 9.90 Å². The maximum atomic E-state index is 12.0. The number of rotatable bonds is 7. The molecule has 17 heavy (non-hydrogen) atoms. The van der Waals surface area contributed by atoms with Gasteiger partial charge in [0.15, 0.2) is 0 Å². The van der Waals surface area contributed by atoms with Crippen molar-refractivity contribution in [3.63, 3.8) is 0 Å². The van der Waals surface area contributed by atoms with Gasteiger partial charge in [-0.05, 0) is 39.5 Å². The average Bonchev–Trinajstić information content (AvgIpc) is 2.99. The van der Waals surface area contributed by atoms with E-state index in [1.54, 1.807) is 6.92 Å². The van der Waals surface area contributed by atoms with Crippen molar-refractivity contribution in [3.05, 3.63) is 0 Å². The van der Waals surface area contributed by atoms with Crippen molar-refractivity contribution in [3.8, 4) is 0 Å². The number of nitrogens with zero attached hydrogens (tertiary/aromatic N) is 2. The van der Waals surface area contributed by atoms with E-state index in [1.165, 1.54) is 12.8 Å². The molecule has 0 aromatic carbocycles. The van der Waals surface area contributed by atoms with E-state index < -0.39 is 0 Å². The zero-order valence-corrected chi connectivity index (χ0v) is 11.5. The molecule has 0 radical (unpaired) electrons. The minimum atomic E-state index is -0.390. The van der Waals surface area contributed by atoms with Gasteiger partial charge in [-0.1, -0.05) is 0 Å². The fraction of sp³-hybridized carbons (Fsp3) is 0.923. The highest BCUT2D eigenvalue weighted by Crippen LogP contribution is 2.29. The first-order valence-electron chi connectivity index (χ1n) is 6.56. The molecule has 1 amide bonds. The maximum Gasteiger partial charge on any atom is 0.236 e. The van der Waals surface area contributed by atoms with Crippen LogP contribution in [0.25, 0.3) is 0 Å². The number of amides is 1. The molecule has 4 heteroatoms. The number of likely N-dealkylation sites (N-methyl/N-ethyl adjacent to an activating group) is 1. The lowest BCUT2D eigenvalue weighted by Crippen LogP contribution is -2.44. The first-order valence-corrected chi connectivity index (χ1v) is 6.56. The van der Waals surface area contributed by atoms with Gasteiger partial charge in [0.05, 0.1) is 12.6 Å². The first-order chi connectivity index (χ1) is 7.90. The Labute approximate surface area is 105 Å². The summed E-state index contributed by atoms with van der Waals surface area (Å²) in [5, 5.41) is 9.41. The molecule has 0 aromatic heterocycles. The van der Waals surface area contributed by atoms with Gasteiger partial charge in [-0.15, -0.1) is 0 Å². The average molecular weight is 242 g/mol. The first kappa shape index (κ1) is 14.5. The second-order valence-electron chi connectivity index (χ2n) is 5.59. The van der Waals surface area contributed by atoms with Gasteiger partial charge in [0, 0.05) is 26.2 Å². The van der Waals surface area contributed by atoms with Crippen LogP contribution in [0.5, 0.6) is 0 Å². The van der Waals surface area contributed by atoms with Crippen LogP contribution in [0.15, 0.2) is 0 Å². The van der Waals surface area contributed by atoms with E-state index in [9.17, 15) is 9.90 Å².